The van der Waals surface area contributed by atoms with Gasteiger partial charge in [-0.05, 0) is 44.5 Å². The smallest absolute Gasteiger partial charge is 0.128 e. The Balaban J connectivity index is 1.82. The molecular weight excluding hydrogens is 200 g/mol. The molecular formula is C12H20N4. The lowest BCUT2D eigenvalue weighted by Gasteiger charge is -2.29. The van der Waals surface area contributed by atoms with Crippen molar-refractivity contribution in [2.45, 2.75) is 12.8 Å². The number of piperidine rings is 1. The van der Waals surface area contributed by atoms with Crippen molar-refractivity contribution in [1.82, 2.24) is 9.88 Å². The second-order valence-electron chi connectivity index (χ2n) is 4.60. The number of nitrogens with zero attached hydrogens (tertiary/aromatic N) is 2. The molecule has 1 saturated heterocycles. The highest BCUT2D eigenvalue weighted by Crippen LogP contribution is 2.16. The average molecular weight is 220 g/mol. The van der Waals surface area contributed by atoms with Crippen molar-refractivity contribution < 1.29 is 0 Å². The van der Waals surface area contributed by atoms with E-state index in [9.17, 15) is 0 Å². The molecule has 2 rings (SSSR count). The number of anilines is 2. The fourth-order valence-electron chi connectivity index (χ4n) is 2.24. The van der Waals surface area contributed by atoms with Gasteiger partial charge in [-0.15, -0.1) is 0 Å². The van der Waals surface area contributed by atoms with E-state index in [4.69, 9.17) is 5.73 Å². The monoisotopic (exact) mass is 220 g/mol. The molecule has 0 aliphatic carbocycles. The van der Waals surface area contributed by atoms with Crippen molar-refractivity contribution in [3.8, 4) is 0 Å². The van der Waals surface area contributed by atoms with Gasteiger partial charge < -0.3 is 16.0 Å². The van der Waals surface area contributed by atoms with Gasteiger partial charge in [-0.2, -0.15) is 0 Å². The van der Waals surface area contributed by atoms with Gasteiger partial charge in [-0.3, -0.25) is 0 Å². The van der Waals surface area contributed by atoms with Crippen molar-refractivity contribution in [1.29, 1.82) is 0 Å². The van der Waals surface area contributed by atoms with Crippen LogP contribution in [0.25, 0.3) is 0 Å². The van der Waals surface area contributed by atoms with E-state index in [1.807, 2.05) is 12.1 Å². The Morgan fingerprint density at radius 3 is 3.19 bits per heavy atom. The first-order chi connectivity index (χ1) is 7.74. The summed E-state index contributed by atoms with van der Waals surface area (Å²) in [5, 5.41) is 3.36. The summed E-state index contributed by atoms with van der Waals surface area (Å²) in [6, 6.07) is 5.69. The summed E-state index contributed by atoms with van der Waals surface area (Å²) in [6.45, 7) is 3.39. The summed E-state index contributed by atoms with van der Waals surface area (Å²) in [5.74, 6) is 2.18. The maximum Gasteiger partial charge on any atom is 0.128 e. The Hall–Kier alpha value is -1.29. The number of hydrogen-bond donors (Lipinski definition) is 2. The average Bonchev–Trinajstić information content (AvgIpc) is 2.27. The molecule has 0 amide bonds. The van der Waals surface area contributed by atoms with Crippen LogP contribution < -0.4 is 11.1 Å². The van der Waals surface area contributed by atoms with Crippen molar-refractivity contribution in [3.05, 3.63) is 18.2 Å². The molecule has 1 aliphatic heterocycles. The van der Waals surface area contributed by atoms with Crippen LogP contribution in [0.4, 0.5) is 11.6 Å². The van der Waals surface area contributed by atoms with Gasteiger partial charge in [0.15, 0.2) is 0 Å². The quantitative estimate of drug-likeness (QED) is 0.809. The van der Waals surface area contributed by atoms with Crippen molar-refractivity contribution in [2.75, 3.05) is 37.7 Å². The molecule has 0 aromatic carbocycles. The molecule has 16 heavy (non-hydrogen) atoms. The van der Waals surface area contributed by atoms with E-state index in [0.717, 1.165) is 18.3 Å². The number of aromatic nitrogens is 1. The minimum Gasteiger partial charge on any atom is -0.384 e. The van der Waals surface area contributed by atoms with Crippen LogP contribution in [0.3, 0.4) is 0 Å². The normalized spacial score (nSPS) is 21.9. The number of nitrogens with two attached hydrogens (primary N) is 1. The lowest BCUT2D eigenvalue weighted by Crippen LogP contribution is -2.35. The second-order valence-corrected chi connectivity index (χ2v) is 4.60. The van der Waals surface area contributed by atoms with Crippen LogP contribution >= 0.6 is 0 Å². The van der Waals surface area contributed by atoms with Gasteiger partial charge in [0.2, 0.25) is 0 Å². The number of pyridine rings is 1. The minimum atomic E-state index is 0.575. The number of nitrogens with one attached hydrogen (secondary N) is 1. The van der Waals surface area contributed by atoms with E-state index in [0.29, 0.717) is 5.82 Å². The summed E-state index contributed by atoms with van der Waals surface area (Å²) in [6.07, 6.45) is 2.60. The van der Waals surface area contributed by atoms with Crippen LogP contribution in [0.15, 0.2) is 18.2 Å². The molecule has 4 heteroatoms. The number of rotatable bonds is 3. The second kappa shape index (κ2) is 5.16. The highest BCUT2D eigenvalue weighted by atomic mass is 15.1. The van der Waals surface area contributed by atoms with Crippen LogP contribution in [0, 0.1) is 5.92 Å². The van der Waals surface area contributed by atoms with Crippen molar-refractivity contribution >= 4 is 11.6 Å². The van der Waals surface area contributed by atoms with Crippen LogP contribution in [0.5, 0.6) is 0 Å². The van der Waals surface area contributed by atoms with Crippen LogP contribution in [0.1, 0.15) is 12.8 Å². The van der Waals surface area contributed by atoms with Crippen molar-refractivity contribution in [2.24, 2.45) is 5.92 Å². The molecule has 1 unspecified atom stereocenters. The molecule has 1 atom stereocenters. The lowest BCUT2D eigenvalue weighted by molar-refractivity contribution is 0.217. The molecule has 1 aromatic heterocycles. The van der Waals surface area contributed by atoms with Gasteiger partial charge in [0.25, 0.3) is 0 Å². The molecule has 1 fully saturated rings. The fourth-order valence-corrected chi connectivity index (χ4v) is 2.24. The zero-order chi connectivity index (χ0) is 11.4. The topological polar surface area (TPSA) is 54.2 Å². The predicted molar refractivity (Wildman–Crippen MR) is 67.4 cm³/mol. The van der Waals surface area contributed by atoms with E-state index >= 15 is 0 Å². The highest BCUT2D eigenvalue weighted by molar-refractivity contribution is 5.42. The van der Waals surface area contributed by atoms with Gasteiger partial charge in [-0.1, -0.05) is 6.07 Å². The summed E-state index contributed by atoms with van der Waals surface area (Å²) < 4.78 is 0. The first-order valence-corrected chi connectivity index (χ1v) is 5.89. The fraction of sp³-hybridized carbons (Fsp3) is 0.583. The summed E-state index contributed by atoms with van der Waals surface area (Å²) in [5.41, 5.74) is 5.63. The molecule has 0 radical (unpaired) electrons. The van der Waals surface area contributed by atoms with Gasteiger partial charge >= 0.3 is 0 Å². The van der Waals surface area contributed by atoms with Gasteiger partial charge in [0.1, 0.15) is 11.6 Å². The van der Waals surface area contributed by atoms with Crippen LogP contribution in [-0.4, -0.2) is 36.6 Å². The van der Waals surface area contributed by atoms with Gasteiger partial charge in [0, 0.05) is 13.1 Å². The van der Waals surface area contributed by atoms with E-state index in [-0.39, 0.29) is 0 Å². The third-order valence-electron chi connectivity index (χ3n) is 3.06. The van der Waals surface area contributed by atoms with Gasteiger partial charge in [-0.25, -0.2) is 4.98 Å². The molecule has 0 saturated carbocycles. The van der Waals surface area contributed by atoms with E-state index < -0.39 is 0 Å². The highest BCUT2D eigenvalue weighted by Gasteiger charge is 2.16. The first kappa shape index (κ1) is 11.2. The summed E-state index contributed by atoms with van der Waals surface area (Å²) in [4.78, 5) is 6.62. The number of nitrogen functional groups attached to an aromatic ring is 1. The minimum absolute atomic E-state index is 0.575. The third-order valence-corrected chi connectivity index (χ3v) is 3.06. The zero-order valence-corrected chi connectivity index (χ0v) is 9.82. The lowest BCUT2D eigenvalue weighted by atomic mass is 9.98. The summed E-state index contributed by atoms with van der Waals surface area (Å²) >= 11 is 0. The number of hydrogen-bond acceptors (Lipinski definition) is 4. The van der Waals surface area contributed by atoms with Crippen LogP contribution in [-0.2, 0) is 0 Å². The van der Waals surface area contributed by atoms with E-state index in [1.54, 1.807) is 6.07 Å². The largest absolute Gasteiger partial charge is 0.384 e. The molecule has 3 N–H and O–H groups in total. The molecule has 1 aromatic rings. The first-order valence-electron chi connectivity index (χ1n) is 5.89. The molecule has 0 spiro atoms. The predicted octanol–water partition coefficient (Wildman–Crippen LogP) is 1.42. The Morgan fingerprint density at radius 2 is 2.44 bits per heavy atom. The Bertz CT molecular complexity index is 340. The molecule has 0 bridgehead atoms. The third kappa shape index (κ3) is 3.10. The Morgan fingerprint density at radius 1 is 1.56 bits per heavy atom. The number of likely N-dealkylation sites (tertiary alicyclic amines) is 1. The Labute approximate surface area is 96.8 Å². The standard InChI is InChI=1S/C12H20N4/c1-16-7-3-4-10(9-16)8-14-12-6-2-5-11(13)15-12/h2,5-6,10H,3-4,7-9H2,1H3,(H3,13,14,15). The summed E-state index contributed by atoms with van der Waals surface area (Å²) in [7, 11) is 2.19. The molecule has 4 nitrogen and oxygen atoms in total. The van der Waals surface area contributed by atoms with Gasteiger partial charge in [0.05, 0.1) is 0 Å². The van der Waals surface area contributed by atoms with Crippen molar-refractivity contribution in [3.63, 3.8) is 0 Å². The molecule has 2 heterocycles. The SMILES string of the molecule is CN1CCCC(CNc2cccc(N)n2)C1. The molecule has 1 aliphatic rings. The Kier molecular flexibility index (Phi) is 3.62. The van der Waals surface area contributed by atoms with Crippen LogP contribution in [0.2, 0.25) is 0 Å². The molecule has 88 valence electrons. The zero-order valence-electron chi connectivity index (χ0n) is 9.82. The maximum atomic E-state index is 5.63. The van der Waals surface area contributed by atoms with E-state index in [1.165, 1.54) is 25.9 Å². The maximum absolute atomic E-state index is 5.63. The van der Waals surface area contributed by atoms with E-state index in [2.05, 4.69) is 22.2 Å².